The molecule has 18 heavy (non-hydrogen) atoms. The summed E-state index contributed by atoms with van der Waals surface area (Å²) < 4.78 is 0. The number of aliphatic carboxylic acids is 1. The Kier molecular flexibility index (Phi) is 8.97. The molecule has 0 aromatic carbocycles. The number of unbranched alkanes of at least 4 members (excludes halogenated alkanes) is 4. The van der Waals surface area contributed by atoms with E-state index in [1.54, 1.807) is 0 Å². The zero-order chi connectivity index (χ0) is 14.0. The van der Waals surface area contributed by atoms with Gasteiger partial charge in [0.25, 0.3) is 0 Å². The second-order valence-electron chi connectivity index (χ2n) is 4.54. The van der Waals surface area contributed by atoms with Crippen molar-refractivity contribution in [3.8, 4) is 0 Å². The van der Waals surface area contributed by atoms with Gasteiger partial charge >= 0.3 is 5.97 Å². The number of hydrogen-bond acceptors (Lipinski definition) is 2. The van der Waals surface area contributed by atoms with Gasteiger partial charge in [-0.25, -0.2) is 4.79 Å². The maximum absolute atomic E-state index is 11.4. The standard InChI is InChI=1S/C14H25NO3/c1-3-5-7-9-11(13(15)16)12(14(17)18)10-8-6-4-2/h3-10H2,1-2H3,(H2,15,16)(H,17,18). The molecule has 3 N–H and O–H groups in total. The zero-order valence-corrected chi connectivity index (χ0v) is 11.5. The average molecular weight is 255 g/mol. The van der Waals surface area contributed by atoms with Crippen molar-refractivity contribution in [1.29, 1.82) is 0 Å². The van der Waals surface area contributed by atoms with E-state index < -0.39 is 11.9 Å². The van der Waals surface area contributed by atoms with Crippen LogP contribution in [0, 0.1) is 0 Å². The Hall–Kier alpha value is -1.32. The average Bonchev–Trinajstić information content (AvgIpc) is 2.31. The van der Waals surface area contributed by atoms with Gasteiger partial charge in [-0.2, -0.15) is 0 Å². The summed E-state index contributed by atoms with van der Waals surface area (Å²) in [6.45, 7) is 4.12. The van der Waals surface area contributed by atoms with Crippen LogP contribution in [0.25, 0.3) is 0 Å². The van der Waals surface area contributed by atoms with Crippen LogP contribution in [0.4, 0.5) is 0 Å². The van der Waals surface area contributed by atoms with Crippen molar-refractivity contribution in [2.24, 2.45) is 5.73 Å². The van der Waals surface area contributed by atoms with Crippen LogP contribution in [0.3, 0.4) is 0 Å². The van der Waals surface area contributed by atoms with E-state index in [-0.39, 0.29) is 5.57 Å². The quantitative estimate of drug-likeness (QED) is 0.465. The van der Waals surface area contributed by atoms with Gasteiger partial charge in [0.05, 0.1) is 0 Å². The summed E-state index contributed by atoms with van der Waals surface area (Å²) in [6.07, 6.45) is 6.54. The smallest absolute Gasteiger partial charge is 0.332 e. The first-order valence-corrected chi connectivity index (χ1v) is 6.79. The third kappa shape index (κ3) is 6.42. The summed E-state index contributed by atoms with van der Waals surface area (Å²) in [6, 6.07) is 0. The van der Waals surface area contributed by atoms with Gasteiger partial charge in [-0.05, 0) is 25.7 Å². The molecule has 4 nitrogen and oxygen atoms in total. The summed E-state index contributed by atoms with van der Waals surface area (Å²) >= 11 is 0. The lowest BCUT2D eigenvalue weighted by molar-refractivity contribution is -0.133. The Morgan fingerprint density at radius 3 is 1.67 bits per heavy atom. The molecule has 4 heteroatoms. The number of nitrogens with two attached hydrogens (primary N) is 1. The number of carbonyl (C=O) groups excluding carboxylic acids is 1. The molecular weight excluding hydrogens is 230 g/mol. The molecule has 0 radical (unpaired) electrons. The van der Waals surface area contributed by atoms with Crippen LogP contribution >= 0.6 is 0 Å². The van der Waals surface area contributed by atoms with Crippen molar-refractivity contribution in [1.82, 2.24) is 0 Å². The highest BCUT2D eigenvalue weighted by molar-refractivity contribution is 6.01. The number of amides is 1. The van der Waals surface area contributed by atoms with Crippen LogP contribution in [0.5, 0.6) is 0 Å². The van der Waals surface area contributed by atoms with Crippen LogP contribution in [-0.4, -0.2) is 17.0 Å². The third-order valence-corrected chi connectivity index (χ3v) is 2.98. The molecule has 0 unspecified atom stereocenters. The van der Waals surface area contributed by atoms with Gasteiger partial charge in [-0.3, -0.25) is 4.79 Å². The second-order valence-corrected chi connectivity index (χ2v) is 4.54. The lowest BCUT2D eigenvalue weighted by Crippen LogP contribution is -2.19. The monoisotopic (exact) mass is 255 g/mol. The molecule has 0 rings (SSSR count). The molecule has 0 atom stereocenters. The van der Waals surface area contributed by atoms with Crippen molar-refractivity contribution in [3.05, 3.63) is 11.1 Å². The van der Waals surface area contributed by atoms with Crippen molar-refractivity contribution in [3.63, 3.8) is 0 Å². The molecule has 0 aliphatic heterocycles. The van der Waals surface area contributed by atoms with E-state index >= 15 is 0 Å². The predicted molar refractivity (Wildman–Crippen MR) is 72.1 cm³/mol. The van der Waals surface area contributed by atoms with Gasteiger partial charge in [-0.1, -0.05) is 39.5 Å². The normalized spacial score (nSPS) is 12.1. The first kappa shape index (κ1) is 16.7. The van der Waals surface area contributed by atoms with Gasteiger partial charge in [0, 0.05) is 11.1 Å². The molecule has 0 spiro atoms. The van der Waals surface area contributed by atoms with Crippen molar-refractivity contribution in [2.45, 2.75) is 65.2 Å². The van der Waals surface area contributed by atoms with E-state index in [4.69, 9.17) is 5.73 Å². The molecule has 104 valence electrons. The van der Waals surface area contributed by atoms with Gasteiger partial charge < -0.3 is 10.8 Å². The van der Waals surface area contributed by atoms with Crippen LogP contribution in [0.15, 0.2) is 11.1 Å². The highest BCUT2D eigenvalue weighted by Gasteiger charge is 2.17. The molecule has 0 aliphatic carbocycles. The number of hydrogen-bond donors (Lipinski definition) is 2. The van der Waals surface area contributed by atoms with E-state index in [1.807, 2.05) is 0 Å². The molecule has 0 bridgehead atoms. The van der Waals surface area contributed by atoms with Crippen LogP contribution < -0.4 is 5.73 Å². The van der Waals surface area contributed by atoms with E-state index in [0.29, 0.717) is 18.4 Å². The van der Waals surface area contributed by atoms with E-state index in [2.05, 4.69) is 13.8 Å². The SMILES string of the molecule is CCCCCC(C(N)=O)=C(CCCCC)C(=O)O. The molecule has 0 heterocycles. The minimum atomic E-state index is -1.00. The summed E-state index contributed by atoms with van der Waals surface area (Å²) in [4.78, 5) is 22.6. The molecule has 0 aromatic rings. The van der Waals surface area contributed by atoms with E-state index in [9.17, 15) is 14.7 Å². The fourth-order valence-electron chi connectivity index (χ4n) is 1.91. The molecular formula is C14H25NO3. The summed E-state index contributed by atoms with van der Waals surface area (Å²) in [5.74, 6) is -1.59. The first-order valence-electron chi connectivity index (χ1n) is 6.79. The maximum Gasteiger partial charge on any atom is 0.332 e. The third-order valence-electron chi connectivity index (χ3n) is 2.98. The van der Waals surface area contributed by atoms with E-state index in [1.165, 1.54) is 0 Å². The lowest BCUT2D eigenvalue weighted by Gasteiger charge is -2.09. The molecule has 0 aromatic heterocycles. The van der Waals surface area contributed by atoms with Crippen LogP contribution in [0.1, 0.15) is 65.2 Å². The topological polar surface area (TPSA) is 80.4 Å². The van der Waals surface area contributed by atoms with Crippen LogP contribution in [-0.2, 0) is 9.59 Å². The van der Waals surface area contributed by atoms with Gasteiger partial charge in [0.15, 0.2) is 0 Å². The van der Waals surface area contributed by atoms with Crippen molar-refractivity contribution in [2.75, 3.05) is 0 Å². The Morgan fingerprint density at radius 2 is 1.33 bits per heavy atom. The predicted octanol–water partition coefficient (Wildman–Crippen LogP) is 3.01. The van der Waals surface area contributed by atoms with Crippen molar-refractivity contribution < 1.29 is 14.7 Å². The highest BCUT2D eigenvalue weighted by atomic mass is 16.4. The van der Waals surface area contributed by atoms with E-state index in [0.717, 1.165) is 38.5 Å². The fourth-order valence-corrected chi connectivity index (χ4v) is 1.91. The molecule has 0 aliphatic rings. The summed E-state index contributed by atoms with van der Waals surface area (Å²) in [7, 11) is 0. The first-order chi connectivity index (χ1) is 8.54. The minimum Gasteiger partial charge on any atom is -0.478 e. The number of primary amides is 1. The second kappa shape index (κ2) is 9.68. The largest absolute Gasteiger partial charge is 0.478 e. The lowest BCUT2D eigenvalue weighted by atomic mass is 9.97. The number of carboxylic acids is 1. The fraction of sp³-hybridized carbons (Fsp3) is 0.714. The Labute approximate surface area is 109 Å². The molecule has 0 saturated carbocycles. The highest BCUT2D eigenvalue weighted by Crippen LogP contribution is 2.19. The Bertz CT molecular complexity index is 278. The molecule has 0 saturated heterocycles. The van der Waals surface area contributed by atoms with Crippen molar-refractivity contribution >= 4 is 11.9 Å². The molecule has 1 amide bonds. The van der Waals surface area contributed by atoms with Gasteiger partial charge in [0.1, 0.15) is 0 Å². The summed E-state index contributed by atoms with van der Waals surface area (Å²) in [5.41, 5.74) is 5.83. The van der Waals surface area contributed by atoms with Gasteiger partial charge in [0.2, 0.25) is 5.91 Å². The Morgan fingerprint density at radius 1 is 0.889 bits per heavy atom. The molecule has 0 fully saturated rings. The number of rotatable bonds is 10. The Balaban J connectivity index is 4.80. The summed E-state index contributed by atoms with van der Waals surface area (Å²) in [5, 5.41) is 9.18. The maximum atomic E-state index is 11.4. The number of carbonyl (C=O) groups is 2. The van der Waals surface area contributed by atoms with Gasteiger partial charge in [-0.15, -0.1) is 0 Å². The van der Waals surface area contributed by atoms with Crippen LogP contribution in [0.2, 0.25) is 0 Å². The number of carboxylic acid groups (broad SMARTS) is 1. The zero-order valence-electron chi connectivity index (χ0n) is 11.5. The minimum absolute atomic E-state index is 0.215.